The molecule has 134 valence electrons. The van der Waals surface area contributed by atoms with E-state index < -0.39 is 10.0 Å². The molecule has 6 nitrogen and oxygen atoms in total. The van der Waals surface area contributed by atoms with E-state index in [0.717, 1.165) is 11.3 Å². The van der Waals surface area contributed by atoms with Crippen LogP contribution in [0.2, 0.25) is 0 Å². The fraction of sp³-hybridized carbons (Fsp3) is 0.211. The van der Waals surface area contributed by atoms with Crippen molar-refractivity contribution in [3.63, 3.8) is 0 Å². The number of carbonyl (C=O) groups is 1. The van der Waals surface area contributed by atoms with Crippen molar-refractivity contribution in [3.05, 3.63) is 59.7 Å². The molecule has 0 aromatic heterocycles. The van der Waals surface area contributed by atoms with Crippen molar-refractivity contribution in [1.29, 1.82) is 0 Å². The third kappa shape index (κ3) is 3.87. The van der Waals surface area contributed by atoms with Crippen LogP contribution in [0.1, 0.15) is 28.4 Å². The lowest BCUT2D eigenvalue weighted by molar-refractivity contribution is 0.0924. The fourth-order valence-corrected chi connectivity index (χ4v) is 3.74. The Morgan fingerprint density at radius 2 is 2.04 bits per heavy atom. The Balaban J connectivity index is 1.80. The average molecular weight is 370 g/mol. The first kappa shape index (κ1) is 18.0. The first-order chi connectivity index (χ1) is 12.5. The largest absolute Gasteiger partial charge is 0.493 e. The summed E-state index contributed by atoms with van der Waals surface area (Å²) in [5.74, 6) is 2.62. The molecule has 7 heteroatoms. The SMILES string of the molecule is C#CCNS(=O)(=O)c1cccc(C(=O)N[C@@H]2CCOc3ccccc32)c1. The molecule has 2 aromatic carbocycles. The lowest BCUT2D eigenvalue weighted by atomic mass is 10.00. The third-order valence-electron chi connectivity index (χ3n) is 4.03. The van der Waals surface area contributed by atoms with Crippen molar-refractivity contribution in [3.8, 4) is 18.1 Å². The molecule has 0 unspecified atom stereocenters. The van der Waals surface area contributed by atoms with Crippen LogP contribution in [0.5, 0.6) is 5.75 Å². The summed E-state index contributed by atoms with van der Waals surface area (Å²) in [6.45, 7) is 0.393. The number of rotatable bonds is 5. The molecule has 1 heterocycles. The summed E-state index contributed by atoms with van der Waals surface area (Å²) in [6, 6.07) is 13.2. The molecule has 1 aliphatic heterocycles. The van der Waals surface area contributed by atoms with Crippen molar-refractivity contribution in [2.24, 2.45) is 0 Å². The number of fused-ring (bicyclic) bond motifs is 1. The number of ether oxygens (including phenoxy) is 1. The number of amides is 1. The summed E-state index contributed by atoms with van der Waals surface area (Å²) in [5, 5.41) is 2.95. The van der Waals surface area contributed by atoms with Gasteiger partial charge in [-0.05, 0) is 24.3 Å². The second kappa shape index (κ2) is 7.60. The van der Waals surface area contributed by atoms with Crippen LogP contribution in [0.4, 0.5) is 0 Å². The Bertz CT molecular complexity index is 963. The van der Waals surface area contributed by atoms with E-state index in [1.165, 1.54) is 18.2 Å². The Labute approximate surface area is 152 Å². The van der Waals surface area contributed by atoms with E-state index in [0.29, 0.717) is 13.0 Å². The summed E-state index contributed by atoms with van der Waals surface area (Å²) in [6.07, 6.45) is 5.73. The molecule has 0 spiro atoms. The molecule has 0 saturated heterocycles. The summed E-state index contributed by atoms with van der Waals surface area (Å²) in [7, 11) is -3.75. The van der Waals surface area contributed by atoms with Gasteiger partial charge in [-0.2, -0.15) is 4.72 Å². The lowest BCUT2D eigenvalue weighted by Gasteiger charge is -2.26. The summed E-state index contributed by atoms with van der Waals surface area (Å²) < 4.78 is 32.2. The van der Waals surface area contributed by atoms with Gasteiger partial charge < -0.3 is 10.1 Å². The van der Waals surface area contributed by atoms with Crippen molar-refractivity contribution in [1.82, 2.24) is 10.0 Å². The number of hydrogen-bond donors (Lipinski definition) is 2. The molecule has 0 radical (unpaired) electrons. The van der Waals surface area contributed by atoms with E-state index >= 15 is 0 Å². The van der Waals surface area contributed by atoms with Gasteiger partial charge in [0.2, 0.25) is 10.0 Å². The topological polar surface area (TPSA) is 84.5 Å². The van der Waals surface area contributed by atoms with Crippen molar-refractivity contribution in [2.45, 2.75) is 17.4 Å². The van der Waals surface area contributed by atoms with Gasteiger partial charge in [0.1, 0.15) is 5.75 Å². The summed E-state index contributed by atoms with van der Waals surface area (Å²) >= 11 is 0. The standard InChI is InChI=1S/C19H18N2O4S/c1-2-11-20-26(23,24)15-7-5-6-14(13-15)19(22)21-17-10-12-25-18-9-4-3-8-16(17)18/h1,3-9,13,17,20H,10-12H2,(H,21,22)/t17-/m1/s1. The van der Waals surface area contributed by atoms with Gasteiger partial charge in [-0.1, -0.05) is 30.2 Å². The number of nitrogens with one attached hydrogen (secondary N) is 2. The highest BCUT2D eigenvalue weighted by molar-refractivity contribution is 7.89. The van der Waals surface area contributed by atoms with Gasteiger partial charge in [-0.3, -0.25) is 4.79 Å². The lowest BCUT2D eigenvalue weighted by Crippen LogP contribution is -2.32. The molecule has 0 aliphatic carbocycles. The third-order valence-corrected chi connectivity index (χ3v) is 5.43. The van der Waals surface area contributed by atoms with Gasteiger partial charge in [0.25, 0.3) is 5.91 Å². The van der Waals surface area contributed by atoms with Crippen molar-refractivity contribution in [2.75, 3.05) is 13.2 Å². The zero-order valence-corrected chi connectivity index (χ0v) is 14.8. The first-order valence-electron chi connectivity index (χ1n) is 8.07. The second-order valence-electron chi connectivity index (χ2n) is 5.76. The number of para-hydroxylation sites is 1. The molecule has 3 rings (SSSR count). The molecule has 0 bridgehead atoms. The predicted octanol–water partition coefficient (Wildman–Crippen LogP) is 1.85. The van der Waals surface area contributed by atoms with Crippen LogP contribution < -0.4 is 14.8 Å². The Hall–Kier alpha value is -2.82. The molecular formula is C19H18N2O4S. The first-order valence-corrected chi connectivity index (χ1v) is 9.55. The van der Waals surface area contributed by atoms with E-state index in [9.17, 15) is 13.2 Å². The van der Waals surface area contributed by atoms with E-state index in [1.807, 2.05) is 24.3 Å². The maximum absolute atomic E-state index is 12.6. The molecule has 1 aliphatic rings. The zero-order valence-electron chi connectivity index (χ0n) is 13.9. The van der Waals surface area contributed by atoms with E-state index in [-0.39, 0.29) is 29.0 Å². The number of benzene rings is 2. The van der Waals surface area contributed by atoms with Crippen molar-refractivity contribution < 1.29 is 17.9 Å². The molecule has 2 N–H and O–H groups in total. The smallest absolute Gasteiger partial charge is 0.251 e. The normalized spacial score (nSPS) is 16.0. The van der Waals surface area contributed by atoms with E-state index in [2.05, 4.69) is 16.0 Å². The molecule has 1 amide bonds. The van der Waals surface area contributed by atoms with Crippen LogP contribution >= 0.6 is 0 Å². The second-order valence-corrected chi connectivity index (χ2v) is 7.52. The van der Waals surface area contributed by atoms with Crippen LogP contribution in [0.25, 0.3) is 0 Å². The quantitative estimate of drug-likeness (QED) is 0.787. The number of carbonyl (C=O) groups excluding carboxylic acids is 1. The predicted molar refractivity (Wildman–Crippen MR) is 97.2 cm³/mol. The Morgan fingerprint density at radius 1 is 1.23 bits per heavy atom. The monoisotopic (exact) mass is 370 g/mol. The van der Waals surface area contributed by atoms with Crippen LogP contribution in [0, 0.1) is 12.3 Å². The van der Waals surface area contributed by atoms with Gasteiger partial charge in [0, 0.05) is 17.5 Å². The van der Waals surface area contributed by atoms with E-state index in [1.54, 1.807) is 6.07 Å². The highest BCUT2D eigenvalue weighted by atomic mass is 32.2. The molecule has 26 heavy (non-hydrogen) atoms. The molecule has 1 atom stereocenters. The van der Waals surface area contributed by atoms with Crippen molar-refractivity contribution >= 4 is 15.9 Å². The van der Waals surface area contributed by atoms with Crippen LogP contribution in [-0.2, 0) is 10.0 Å². The molecular weight excluding hydrogens is 352 g/mol. The Kier molecular flexibility index (Phi) is 5.26. The maximum atomic E-state index is 12.6. The average Bonchev–Trinajstić information content (AvgIpc) is 2.67. The summed E-state index contributed by atoms with van der Waals surface area (Å²) in [5.41, 5.74) is 1.17. The molecule has 0 saturated carbocycles. The highest BCUT2D eigenvalue weighted by Gasteiger charge is 2.23. The molecule has 2 aromatic rings. The number of hydrogen-bond acceptors (Lipinski definition) is 4. The summed E-state index contributed by atoms with van der Waals surface area (Å²) in [4.78, 5) is 12.6. The van der Waals surface area contributed by atoms with Gasteiger partial charge in [-0.15, -0.1) is 6.42 Å². The van der Waals surface area contributed by atoms with Gasteiger partial charge in [-0.25, -0.2) is 8.42 Å². The van der Waals surface area contributed by atoms with Crippen LogP contribution in [0.15, 0.2) is 53.4 Å². The van der Waals surface area contributed by atoms with E-state index in [4.69, 9.17) is 11.2 Å². The van der Waals surface area contributed by atoms with Crippen LogP contribution in [0.3, 0.4) is 0 Å². The van der Waals surface area contributed by atoms with Gasteiger partial charge >= 0.3 is 0 Å². The number of terminal acetylenes is 1. The minimum absolute atomic E-state index is 0.00669. The van der Waals surface area contributed by atoms with Crippen LogP contribution in [-0.4, -0.2) is 27.5 Å². The minimum Gasteiger partial charge on any atom is -0.493 e. The van der Waals surface area contributed by atoms with Gasteiger partial charge in [0.05, 0.1) is 24.1 Å². The molecule has 0 fully saturated rings. The van der Waals surface area contributed by atoms with Gasteiger partial charge in [0.15, 0.2) is 0 Å². The Morgan fingerprint density at radius 3 is 2.85 bits per heavy atom. The zero-order chi connectivity index (χ0) is 18.6. The maximum Gasteiger partial charge on any atom is 0.251 e. The minimum atomic E-state index is -3.75. The fourth-order valence-electron chi connectivity index (χ4n) is 2.76. The number of sulfonamides is 1. The highest BCUT2D eigenvalue weighted by Crippen LogP contribution is 2.31.